The highest BCUT2D eigenvalue weighted by atomic mass is 19.1. The van der Waals surface area contributed by atoms with Crippen molar-refractivity contribution < 1.29 is 9.13 Å². The molecule has 1 aromatic carbocycles. The molecule has 1 aromatic heterocycles. The number of anilines is 1. The van der Waals surface area contributed by atoms with E-state index in [0.29, 0.717) is 0 Å². The van der Waals surface area contributed by atoms with Crippen molar-refractivity contribution in [2.45, 2.75) is 0 Å². The zero-order valence-corrected chi connectivity index (χ0v) is 10.4. The lowest BCUT2D eigenvalue weighted by molar-refractivity contribution is 0.395. The van der Waals surface area contributed by atoms with Crippen LogP contribution in [0.2, 0.25) is 0 Å². The lowest BCUT2D eigenvalue weighted by Crippen LogP contribution is -2.00. The van der Waals surface area contributed by atoms with Gasteiger partial charge in [0.1, 0.15) is 29.8 Å². The Bertz CT molecular complexity index is 761. The van der Waals surface area contributed by atoms with Gasteiger partial charge in [0.2, 0.25) is 5.88 Å². The summed E-state index contributed by atoms with van der Waals surface area (Å²) in [7, 11) is 1.34. The molecule has 0 saturated heterocycles. The van der Waals surface area contributed by atoms with Gasteiger partial charge in [-0.2, -0.15) is 10.5 Å². The lowest BCUT2D eigenvalue weighted by Gasteiger charge is -2.09. The maximum atomic E-state index is 14.0. The maximum Gasteiger partial charge on any atom is 0.235 e. The van der Waals surface area contributed by atoms with Crippen molar-refractivity contribution in [3.63, 3.8) is 0 Å². The van der Waals surface area contributed by atoms with E-state index in [-0.39, 0.29) is 34.0 Å². The van der Waals surface area contributed by atoms with Gasteiger partial charge in [-0.25, -0.2) is 14.4 Å². The second-order valence-electron chi connectivity index (χ2n) is 3.75. The monoisotopic (exact) mass is 269 g/mol. The molecule has 20 heavy (non-hydrogen) atoms. The molecule has 0 aliphatic carbocycles. The Balaban J connectivity index is 2.74. The zero-order valence-electron chi connectivity index (χ0n) is 10.4. The van der Waals surface area contributed by atoms with E-state index in [0.717, 1.165) is 12.4 Å². The Morgan fingerprint density at radius 3 is 2.60 bits per heavy atom. The molecule has 6 nitrogen and oxygen atoms in total. The first-order chi connectivity index (χ1) is 9.62. The van der Waals surface area contributed by atoms with E-state index in [2.05, 4.69) is 9.97 Å². The number of benzene rings is 1. The van der Waals surface area contributed by atoms with Crippen LogP contribution < -0.4 is 10.5 Å². The highest BCUT2D eigenvalue weighted by molar-refractivity contribution is 5.74. The van der Waals surface area contributed by atoms with Crippen LogP contribution in [0.15, 0.2) is 18.5 Å². The van der Waals surface area contributed by atoms with Crippen LogP contribution >= 0.6 is 0 Å². The Morgan fingerprint density at radius 1 is 1.25 bits per heavy atom. The molecule has 98 valence electrons. The quantitative estimate of drug-likeness (QED) is 0.829. The van der Waals surface area contributed by atoms with E-state index in [1.54, 1.807) is 6.07 Å². The lowest BCUT2D eigenvalue weighted by atomic mass is 10.0. The largest absolute Gasteiger partial charge is 0.480 e. The normalized spacial score (nSPS) is 9.60. The first-order valence-corrected chi connectivity index (χ1v) is 5.41. The highest BCUT2D eigenvalue weighted by Gasteiger charge is 2.18. The van der Waals surface area contributed by atoms with Crippen LogP contribution in [0.1, 0.15) is 11.1 Å². The van der Waals surface area contributed by atoms with Crippen molar-refractivity contribution in [2.24, 2.45) is 0 Å². The Kier molecular flexibility index (Phi) is 3.45. The van der Waals surface area contributed by atoms with Crippen molar-refractivity contribution in [3.8, 4) is 29.3 Å². The number of methoxy groups -OCH3 is 1. The molecule has 7 heteroatoms. The Morgan fingerprint density at radius 2 is 2.00 bits per heavy atom. The average Bonchev–Trinajstić information content (AvgIpc) is 2.48. The molecule has 0 atom stereocenters. The third-order valence-corrected chi connectivity index (χ3v) is 2.63. The summed E-state index contributed by atoms with van der Waals surface area (Å²) in [4.78, 5) is 7.67. The molecule has 2 aromatic rings. The SMILES string of the molecule is COc1ncnc(-c2cc(N)c(C#N)cc2F)c1C#N. The molecule has 0 aliphatic heterocycles. The van der Waals surface area contributed by atoms with E-state index in [1.165, 1.54) is 13.2 Å². The first kappa shape index (κ1) is 13.2. The number of hydrogen-bond donors (Lipinski definition) is 1. The van der Waals surface area contributed by atoms with Gasteiger partial charge in [-0.1, -0.05) is 0 Å². The number of hydrogen-bond acceptors (Lipinski definition) is 6. The van der Waals surface area contributed by atoms with Crippen molar-refractivity contribution in [1.29, 1.82) is 10.5 Å². The smallest absolute Gasteiger partial charge is 0.235 e. The molecule has 0 saturated carbocycles. The topological polar surface area (TPSA) is 109 Å². The van der Waals surface area contributed by atoms with Gasteiger partial charge in [0.15, 0.2) is 0 Å². The molecule has 0 amide bonds. The van der Waals surface area contributed by atoms with Crippen LogP contribution in [0, 0.1) is 28.5 Å². The summed E-state index contributed by atoms with van der Waals surface area (Å²) >= 11 is 0. The van der Waals surface area contributed by atoms with Gasteiger partial charge >= 0.3 is 0 Å². The number of rotatable bonds is 2. The number of nitriles is 2. The molecule has 0 spiro atoms. The van der Waals surface area contributed by atoms with Crippen LogP contribution in [-0.2, 0) is 0 Å². The highest BCUT2D eigenvalue weighted by Crippen LogP contribution is 2.30. The number of halogens is 1. The van der Waals surface area contributed by atoms with Crippen molar-refractivity contribution >= 4 is 5.69 Å². The number of aromatic nitrogens is 2. The van der Waals surface area contributed by atoms with Gasteiger partial charge in [-0.05, 0) is 12.1 Å². The Hall–Kier alpha value is -3.19. The fraction of sp³-hybridized carbons (Fsp3) is 0.0769. The number of nitrogens with two attached hydrogens (primary N) is 1. The van der Waals surface area contributed by atoms with Gasteiger partial charge in [0.25, 0.3) is 0 Å². The minimum Gasteiger partial charge on any atom is -0.480 e. The van der Waals surface area contributed by atoms with Crippen LogP contribution in [0.5, 0.6) is 5.88 Å². The molecule has 0 fully saturated rings. The fourth-order valence-corrected chi connectivity index (χ4v) is 1.70. The van der Waals surface area contributed by atoms with E-state index in [9.17, 15) is 4.39 Å². The predicted octanol–water partition coefficient (Wildman–Crippen LogP) is 1.62. The van der Waals surface area contributed by atoms with E-state index < -0.39 is 5.82 Å². The Labute approximate surface area is 113 Å². The molecule has 1 heterocycles. The number of nitrogens with zero attached hydrogens (tertiary/aromatic N) is 4. The van der Waals surface area contributed by atoms with Gasteiger partial charge in [0.05, 0.1) is 24.1 Å². The zero-order chi connectivity index (χ0) is 14.7. The van der Waals surface area contributed by atoms with Gasteiger partial charge in [-0.15, -0.1) is 0 Å². The van der Waals surface area contributed by atoms with Crippen LogP contribution in [-0.4, -0.2) is 17.1 Å². The molecular weight excluding hydrogens is 261 g/mol. The van der Waals surface area contributed by atoms with E-state index in [4.69, 9.17) is 21.0 Å². The number of nitrogen functional groups attached to an aromatic ring is 1. The van der Waals surface area contributed by atoms with Crippen molar-refractivity contribution in [1.82, 2.24) is 9.97 Å². The second kappa shape index (κ2) is 5.21. The summed E-state index contributed by atoms with van der Waals surface area (Å²) < 4.78 is 19.0. The van der Waals surface area contributed by atoms with E-state index in [1.807, 2.05) is 6.07 Å². The first-order valence-electron chi connectivity index (χ1n) is 5.41. The second-order valence-corrected chi connectivity index (χ2v) is 3.75. The molecule has 0 aliphatic rings. The third kappa shape index (κ3) is 2.08. The summed E-state index contributed by atoms with van der Waals surface area (Å²) in [5, 5.41) is 17.9. The summed E-state index contributed by atoms with van der Waals surface area (Å²) in [5.41, 5.74) is 5.85. The summed E-state index contributed by atoms with van der Waals surface area (Å²) in [6.07, 6.45) is 1.16. The van der Waals surface area contributed by atoms with E-state index >= 15 is 0 Å². The van der Waals surface area contributed by atoms with Crippen LogP contribution in [0.3, 0.4) is 0 Å². The molecule has 0 radical (unpaired) electrons. The van der Waals surface area contributed by atoms with Gasteiger partial charge < -0.3 is 10.5 Å². The average molecular weight is 269 g/mol. The molecule has 2 N–H and O–H groups in total. The van der Waals surface area contributed by atoms with Crippen molar-refractivity contribution in [3.05, 3.63) is 35.4 Å². The fourth-order valence-electron chi connectivity index (χ4n) is 1.70. The van der Waals surface area contributed by atoms with Crippen molar-refractivity contribution in [2.75, 3.05) is 12.8 Å². The summed E-state index contributed by atoms with van der Waals surface area (Å²) in [6, 6.07) is 5.91. The maximum absolute atomic E-state index is 14.0. The van der Waals surface area contributed by atoms with Crippen LogP contribution in [0.4, 0.5) is 10.1 Å². The number of ether oxygens (including phenoxy) is 1. The molecular formula is C13H8FN5O. The predicted molar refractivity (Wildman–Crippen MR) is 67.8 cm³/mol. The van der Waals surface area contributed by atoms with Crippen LogP contribution in [0.25, 0.3) is 11.3 Å². The minimum atomic E-state index is -0.701. The van der Waals surface area contributed by atoms with Gasteiger partial charge in [0, 0.05) is 5.56 Å². The minimum absolute atomic E-state index is 0.00184. The molecule has 0 unspecified atom stereocenters. The molecule has 0 bridgehead atoms. The summed E-state index contributed by atoms with van der Waals surface area (Å²) in [5.74, 6) is -0.659. The summed E-state index contributed by atoms with van der Waals surface area (Å²) in [6.45, 7) is 0. The van der Waals surface area contributed by atoms with Gasteiger partial charge in [-0.3, -0.25) is 0 Å². The molecule has 2 rings (SSSR count). The standard InChI is InChI=1S/C13H8FN5O/c1-20-13-9(5-16)12(18-6-19-13)8-3-11(17)7(4-15)2-10(8)14/h2-3,6H,17H2,1H3. The third-order valence-electron chi connectivity index (χ3n) is 2.63.